The van der Waals surface area contributed by atoms with Crippen LogP contribution >= 0.6 is 24.0 Å². The molecule has 1 aliphatic heterocycles. The summed E-state index contributed by atoms with van der Waals surface area (Å²) in [7, 11) is 0. The quantitative estimate of drug-likeness (QED) is 0.327. The highest BCUT2D eigenvalue weighted by atomic mass is 35.5. The molecule has 0 atom stereocenters. The molecule has 0 spiro atoms. The third-order valence-electron chi connectivity index (χ3n) is 6.26. The molecule has 0 bridgehead atoms. The van der Waals surface area contributed by atoms with Gasteiger partial charge in [-0.05, 0) is 98.6 Å². The molecule has 3 aromatic carbocycles. The molecule has 1 heterocycles. The lowest BCUT2D eigenvalue weighted by atomic mass is 9.90. The first-order valence-corrected chi connectivity index (χ1v) is 11.8. The summed E-state index contributed by atoms with van der Waals surface area (Å²) >= 11 is 6.00. The van der Waals surface area contributed by atoms with E-state index in [0.717, 1.165) is 23.1 Å². The molecule has 2 nitrogen and oxygen atoms in total. The highest BCUT2D eigenvalue weighted by molar-refractivity contribution is 6.30. The first-order chi connectivity index (χ1) is 15.2. The molecule has 0 amide bonds. The standard InChI is InChI=1S/C28H32ClNO.ClH/c29-27-12-8-24(9-13-27)21-25-16-19-30(20-17-25)18-4-7-23-10-14-28(15-11-23)31-22-26-5-2-1-3-6-26;/h1-3,5-6,8-15,25H,4,7,16-22H2;1H. The smallest absolute Gasteiger partial charge is 0.119 e. The number of benzene rings is 3. The molecule has 1 aliphatic rings. The summed E-state index contributed by atoms with van der Waals surface area (Å²) in [5.74, 6) is 1.75. The summed E-state index contributed by atoms with van der Waals surface area (Å²) in [6.07, 6.45) is 6.13. The minimum atomic E-state index is 0. The number of rotatable bonds is 9. The van der Waals surface area contributed by atoms with Crippen LogP contribution < -0.4 is 4.74 Å². The Kier molecular flexibility index (Phi) is 9.92. The number of aryl methyl sites for hydroxylation is 1. The van der Waals surface area contributed by atoms with Crippen LogP contribution in [0.1, 0.15) is 36.0 Å². The lowest BCUT2D eigenvalue weighted by Crippen LogP contribution is -2.35. The molecule has 170 valence electrons. The Morgan fingerprint density at radius 1 is 0.781 bits per heavy atom. The molecule has 4 rings (SSSR count). The maximum Gasteiger partial charge on any atom is 0.119 e. The highest BCUT2D eigenvalue weighted by Crippen LogP contribution is 2.23. The number of piperidine rings is 1. The van der Waals surface area contributed by atoms with E-state index in [1.165, 1.54) is 62.0 Å². The van der Waals surface area contributed by atoms with Crippen molar-refractivity contribution < 1.29 is 4.74 Å². The van der Waals surface area contributed by atoms with Crippen molar-refractivity contribution in [2.75, 3.05) is 19.6 Å². The van der Waals surface area contributed by atoms with E-state index >= 15 is 0 Å². The molecular formula is C28H33Cl2NO. The predicted molar refractivity (Wildman–Crippen MR) is 137 cm³/mol. The average Bonchev–Trinajstić information content (AvgIpc) is 2.82. The van der Waals surface area contributed by atoms with E-state index in [0.29, 0.717) is 6.61 Å². The van der Waals surface area contributed by atoms with Crippen LogP contribution in [0.2, 0.25) is 5.02 Å². The summed E-state index contributed by atoms with van der Waals surface area (Å²) in [5, 5.41) is 0.827. The van der Waals surface area contributed by atoms with Crippen LogP contribution in [0.25, 0.3) is 0 Å². The number of ether oxygens (including phenoxy) is 1. The fourth-order valence-electron chi connectivity index (χ4n) is 4.37. The van der Waals surface area contributed by atoms with Crippen molar-refractivity contribution in [3.8, 4) is 5.75 Å². The largest absolute Gasteiger partial charge is 0.489 e. The molecule has 1 saturated heterocycles. The number of hydrogen-bond donors (Lipinski definition) is 0. The zero-order valence-corrected chi connectivity index (χ0v) is 20.2. The maximum absolute atomic E-state index is 6.00. The van der Waals surface area contributed by atoms with E-state index in [-0.39, 0.29) is 12.4 Å². The van der Waals surface area contributed by atoms with Gasteiger partial charge in [0.15, 0.2) is 0 Å². The molecule has 0 N–H and O–H groups in total. The SMILES string of the molecule is Cl.Clc1ccc(CC2CCN(CCCc3ccc(OCc4ccccc4)cc3)CC2)cc1. The minimum Gasteiger partial charge on any atom is -0.489 e. The fraction of sp³-hybridized carbons (Fsp3) is 0.357. The van der Waals surface area contributed by atoms with Crippen LogP contribution in [0, 0.1) is 5.92 Å². The number of hydrogen-bond acceptors (Lipinski definition) is 2. The number of nitrogens with zero attached hydrogens (tertiary/aromatic N) is 1. The summed E-state index contributed by atoms with van der Waals surface area (Å²) in [5.41, 5.74) is 4.01. The van der Waals surface area contributed by atoms with Gasteiger partial charge in [0.1, 0.15) is 12.4 Å². The fourth-order valence-corrected chi connectivity index (χ4v) is 4.49. The summed E-state index contributed by atoms with van der Waals surface area (Å²) in [6.45, 7) is 4.27. The lowest BCUT2D eigenvalue weighted by Gasteiger charge is -2.32. The highest BCUT2D eigenvalue weighted by Gasteiger charge is 2.19. The Bertz CT molecular complexity index is 904. The van der Waals surface area contributed by atoms with Gasteiger partial charge in [-0.3, -0.25) is 0 Å². The molecule has 1 fully saturated rings. The van der Waals surface area contributed by atoms with Crippen LogP contribution in [-0.4, -0.2) is 24.5 Å². The minimum absolute atomic E-state index is 0. The van der Waals surface area contributed by atoms with Crippen molar-refractivity contribution >= 4 is 24.0 Å². The Hall–Kier alpha value is -2.00. The van der Waals surface area contributed by atoms with E-state index < -0.39 is 0 Å². The van der Waals surface area contributed by atoms with Crippen molar-refractivity contribution in [1.29, 1.82) is 0 Å². The molecule has 4 heteroatoms. The summed E-state index contributed by atoms with van der Waals surface area (Å²) < 4.78 is 5.89. The second-order valence-electron chi connectivity index (χ2n) is 8.64. The second kappa shape index (κ2) is 12.9. The Labute approximate surface area is 204 Å². The Balaban J connectivity index is 0.00000289. The van der Waals surface area contributed by atoms with E-state index in [1.54, 1.807) is 0 Å². The molecular weight excluding hydrogens is 437 g/mol. The first-order valence-electron chi connectivity index (χ1n) is 11.5. The topological polar surface area (TPSA) is 12.5 Å². The van der Waals surface area contributed by atoms with Gasteiger partial charge in [-0.25, -0.2) is 0 Å². The second-order valence-corrected chi connectivity index (χ2v) is 9.07. The third kappa shape index (κ3) is 7.85. The summed E-state index contributed by atoms with van der Waals surface area (Å²) in [6, 6.07) is 27.3. The third-order valence-corrected chi connectivity index (χ3v) is 6.51. The van der Waals surface area contributed by atoms with Gasteiger partial charge in [-0.15, -0.1) is 12.4 Å². The molecule has 0 aromatic heterocycles. The zero-order valence-electron chi connectivity index (χ0n) is 18.6. The van der Waals surface area contributed by atoms with Crippen LogP contribution in [0.5, 0.6) is 5.75 Å². The van der Waals surface area contributed by atoms with Gasteiger partial charge < -0.3 is 9.64 Å². The predicted octanol–water partition coefficient (Wildman–Crippen LogP) is 7.23. The van der Waals surface area contributed by atoms with Crippen molar-refractivity contribution in [2.45, 2.75) is 38.7 Å². The van der Waals surface area contributed by atoms with Gasteiger partial charge in [0.05, 0.1) is 0 Å². The van der Waals surface area contributed by atoms with Crippen molar-refractivity contribution in [2.24, 2.45) is 5.92 Å². The molecule has 0 unspecified atom stereocenters. The van der Waals surface area contributed by atoms with E-state index in [1.807, 2.05) is 30.3 Å². The Morgan fingerprint density at radius 2 is 1.44 bits per heavy atom. The first kappa shape index (κ1) is 24.6. The van der Waals surface area contributed by atoms with Crippen LogP contribution in [0.3, 0.4) is 0 Å². The lowest BCUT2D eigenvalue weighted by molar-refractivity contribution is 0.182. The van der Waals surface area contributed by atoms with Gasteiger partial charge in [-0.1, -0.05) is 66.2 Å². The molecule has 3 aromatic rings. The van der Waals surface area contributed by atoms with Crippen molar-refractivity contribution in [3.05, 3.63) is 101 Å². The van der Waals surface area contributed by atoms with E-state index in [4.69, 9.17) is 16.3 Å². The number of halogens is 2. The maximum atomic E-state index is 6.00. The van der Waals surface area contributed by atoms with E-state index in [2.05, 4.69) is 53.4 Å². The van der Waals surface area contributed by atoms with Gasteiger partial charge in [0.2, 0.25) is 0 Å². The summed E-state index contributed by atoms with van der Waals surface area (Å²) in [4.78, 5) is 2.63. The number of likely N-dealkylation sites (tertiary alicyclic amines) is 1. The van der Waals surface area contributed by atoms with Crippen molar-refractivity contribution in [1.82, 2.24) is 4.90 Å². The van der Waals surface area contributed by atoms with Crippen LogP contribution in [0.4, 0.5) is 0 Å². The molecule has 0 radical (unpaired) electrons. The van der Waals surface area contributed by atoms with Crippen molar-refractivity contribution in [3.63, 3.8) is 0 Å². The van der Waals surface area contributed by atoms with Gasteiger partial charge in [0, 0.05) is 5.02 Å². The zero-order chi connectivity index (χ0) is 21.3. The van der Waals surface area contributed by atoms with Crippen LogP contribution in [0.15, 0.2) is 78.9 Å². The normalized spacial score (nSPS) is 14.7. The van der Waals surface area contributed by atoms with Gasteiger partial charge in [0.25, 0.3) is 0 Å². The molecule has 0 saturated carbocycles. The van der Waals surface area contributed by atoms with Crippen LogP contribution in [-0.2, 0) is 19.4 Å². The van der Waals surface area contributed by atoms with E-state index in [9.17, 15) is 0 Å². The molecule has 0 aliphatic carbocycles. The van der Waals surface area contributed by atoms with Gasteiger partial charge >= 0.3 is 0 Å². The average molecular weight is 470 g/mol. The molecule has 32 heavy (non-hydrogen) atoms. The van der Waals surface area contributed by atoms with Gasteiger partial charge in [-0.2, -0.15) is 0 Å². The Morgan fingerprint density at radius 3 is 2.12 bits per heavy atom. The monoisotopic (exact) mass is 469 g/mol.